The van der Waals surface area contributed by atoms with Crippen LogP contribution in [0.3, 0.4) is 0 Å². The summed E-state index contributed by atoms with van der Waals surface area (Å²) in [6, 6.07) is 3.58. The zero-order valence-corrected chi connectivity index (χ0v) is 17.7. The topological polar surface area (TPSA) is 147 Å². The fourth-order valence-electron chi connectivity index (χ4n) is 4.73. The van der Waals surface area contributed by atoms with E-state index >= 15 is 0 Å². The third-order valence-corrected chi connectivity index (χ3v) is 6.59. The SMILES string of the molecule is CN(CC(=O)c1ccc2c(c1)CN(C(CCC(=O)O)C(N)=O)C2=O)C(=O)[C@@H]1[C@@H]2COC[C@@H]21. The van der Waals surface area contributed by atoms with Crippen LogP contribution in [0.2, 0.25) is 0 Å². The molecule has 3 N–H and O–H groups in total. The molecule has 1 aromatic rings. The van der Waals surface area contributed by atoms with Crippen LogP contribution in [0.5, 0.6) is 0 Å². The van der Waals surface area contributed by atoms with Gasteiger partial charge in [0.15, 0.2) is 5.78 Å². The summed E-state index contributed by atoms with van der Waals surface area (Å²) in [5, 5.41) is 8.89. The average Bonchev–Trinajstić information content (AvgIpc) is 3.05. The minimum Gasteiger partial charge on any atom is -0.481 e. The first-order valence-corrected chi connectivity index (χ1v) is 10.5. The molecule has 0 bridgehead atoms. The van der Waals surface area contributed by atoms with Crippen molar-refractivity contribution in [2.24, 2.45) is 23.5 Å². The van der Waals surface area contributed by atoms with Crippen molar-refractivity contribution < 1.29 is 33.8 Å². The number of hydrogen-bond acceptors (Lipinski definition) is 6. The lowest BCUT2D eigenvalue weighted by Gasteiger charge is -2.24. The van der Waals surface area contributed by atoms with Gasteiger partial charge in [0, 0.05) is 37.1 Å². The van der Waals surface area contributed by atoms with Crippen molar-refractivity contribution in [2.75, 3.05) is 26.8 Å². The minimum atomic E-state index is -1.09. The predicted molar refractivity (Wildman–Crippen MR) is 109 cm³/mol. The molecule has 170 valence electrons. The third-order valence-electron chi connectivity index (χ3n) is 6.59. The van der Waals surface area contributed by atoms with Gasteiger partial charge in [-0.2, -0.15) is 0 Å². The van der Waals surface area contributed by atoms with Crippen LogP contribution in [-0.2, 0) is 25.7 Å². The summed E-state index contributed by atoms with van der Waals surface area (Å²) in [7, 11) is 1.60. The van der Waals surface area contributed by atoms with E-state index in [0.29, 0.717) is 29.9 Å². The van der Waals surface area contributed by atoms with E-state index in [-0.39, 0.29) is 55.4 Å². The van der Waals surface area contributed by atoms with E-state index in [2.05, 4.69) is 0 Å². The molecule has 3 amide bonds. The number of nitrogens with zero attached hydrogens (tertiary/aromatic N) is 2. The largest absolute Gasteiger partial charge is 0.481 e. The molecular formula is C22H25N3O7. The Morgan fingerprint density at radius 1 is 1.25 bits per heavy atom. The Labute approximate surface area is 184 Å². The molecular weight excluding hydrogens is 418 g/mol. The second-order valence-electron chi connectivity index (χ2n) is 8.66. The molecule has 1 saturated carbocycles. The van der Waals surface area contributed by atoms with Gasteiger partial charge in [-0.25, -0.2) is 0 Å². The maximum Gasteiger partial charge on any atom is 0.303 e. The standard InChI is InChI=1S/C22H25N3O7/c1-24(22(31)19-14-9-32-10-15(14)19)8-17(26)11-2-3-13-12(6-11)7-25(21(13)30)16(20(23)29)4-5-18(27)28/h2-3,6,14-16,19H,4-5,7-10H2,1H3,(H2,23,29)(H,27,28)/t14-,15+,16?,19-. The van der Waals surface area contributed by atoms with Crippen molar-refractivity contribution in [1.29, 1.82) is 0 Å². The molecule has 2 aliphatic heterocycles. The van der Waals surface area contributed by atoms with E-state index in [1.54, 1.807) is 13.1 Å². The number of hydrogen-bond donors (Lipinski definition) is 2. The number of carbonyl (C=O) groups excluding carboxylic acids is 4. The van der Waals surface area contributed by atoms with Crippen LogP contribution in [0.15, 0.2) is 18.2 Å². The molecule has 2 heterocycles. The smallest absolute Gasteiger partial charge is 0.303 e. The highest BCUT2D eigenvalue weighted by Gasteiger charge is 2.58. The first-order chi connectivity index (χ1) is 15.2. The Morgan fingerprint density at radius 3 is 2.56 bits per heavy atom. The molecule has 4 rings (SSSR count). The molecule has 4 atom stereocenters. The van der Waals surface area contributed by atoms with Crippen molar-refractivity contribution in [1.82, 2.24) is 9.80 Å². The van der Waals surface area contributed by atoms with Crippen LogP contribution in [0.25, 0.3) is 0 Å². The Morgan fingerprint density at radius 2 is 1.94 bits per heavy atom. The molecule has 1 unspecified atom stereocenters. The number of primary amides is 1. The number of carbonyl (C=O) groups is 5. The Kier molecular flexibility index (Phi) is 5.72. The van der Waals surface area contributed by atoms with Gasteiger partial charge >= 0.3 is 5.97 Å². The van der Waals surface area contributed by atoms with Crippen molar-refractivity contribution >= 4 is 29.5 Å². The molecule has 3 aliphatic rings. The van der Waals surface area contributed by atoms with Gasteiger partial charge in [-0.15, -0.1) is 0 Å². The lowest BCUT2D eigenvalue weighted by Crippen LogP contribution is -2.45. The van der Waals surface area contributed by atoms with Gasteiger partial charge in [0.05, 0.1) is 19.8 Å². The van der Waals surface area contributed by atoms with Gasteiger partial charge in [-0.3, -0.25) is 24.0 Å². The number of carboxylic acid groups (broad SMARTS) is 1. The van der Waals surface area contributed by atoms with Gasteiger partial charge in [-0.1, -0.05) is 6.07 Å². The van der Waals surface area contributed by atoms with E-state index in [0.717, 1.165) is 0 Å². The molecule has 2 fully saturated rings. The normalized spacial score (nSPS) is 24.0. The number of likely N-dealkylation sites (N-methyl/N-ethyl adjacent to an activating group) is 1. The second kappa shape index (κ2) is 8.34. The number of carboxylic acids is 1. The van der Waals surface area contributed by atoms with Gasteiger partial charge in [0.2, 0.25) is 11.8 Å². The monoisotopic (exact) mass is 443 g/mol. The van der Waals surface area contributed by atoms with Crippen molar-refractivity contribution in [3.05, 3.63) is 34.9 Å². The predicted octanol–water partition coefficient (Wildman–Crippen LogP) is -0.105. The van der Waals surface area contributed by atoms with Crippen LogP contribution in [0, 0.1) is 17.8 Å². The quantitative estimate of drug-likeness (QED) is 0.506. The number of ether oxygens (including phenoxy) is 1. The zero-order chi connectivity index (χ0) is 23.2. The molecule has 1 saturated heterocycles. The number of amides is 3. The number of rotatable bonds is 9. The maximum absolute atomic E-state index is 12.8. The fraction of sp³-hybridized carbons (Fsp3) is 0.500. The van der Waals surface area contributed by atoms with Gasteiger partial charge < -0.3 is 25.4 Å². The van der Waals surface area contributed by atoms with Crippen molar-refractivity contribution in [3.63, 3.8) is 0 Å². The van der Waals surface area contributed by atoms with Gasteiger partial charge in [0.1, 0.15) is 6.04 Å². The second-order valence-corrected chi connectivity index (χ2v) is 8.66. The number of Topliss-reactive ketones (excluding diaryl/α,β-unsaturated/α-hetero) is 1. The summed E-state index contributed by atoms with van der Waals surface area (Å²) in [6.07, 6.45) is -0.385. The lowest BCUT2D eigenvalue weighted by atomic mass is 10.0. The van der Waals surface area contributed by atoms with Crippen molar-refractivity contribution in [3.8, 4) is 0 Å². The fourth-order valence-corrected chi connectivity index (χ4v) is 4.73. The average molecular weight is 443 g/mol. The molecule has 1 aromatic carbocycles. The first-order valence-electron chi connectivity index (χ1n) is 10.5. The first kappa shape index (κ1) is 21.9. The molecule has 32 heavy (non-hydrogen) atoms. The van der Waals surface area contributed by atoms with Gasteiger partial charge in [0.25, 0.3) is 5.91 Å². The van der Waals surface area contributed by atoms with Gasteiger partial charge in [-0.05, 0) is 36.0 Å². The highest BCUT2D eigenvalue weighted by molar-refractivity contribution is 6.04. The third kappa shape index (κ3) is 3.97. The number of aliphatic carboxylic acids is 1. The summed E-state index contributed by atoms with van der Waals surface area (Å²) < 4.78 is 5.31. The van der Waals surface area contributed by atoms with Crippen molar-refractivity contribution in [2.45, 2.75) is 25.4 Å². The molecule has 10 heteroatoms. The minimum absolute atomic E-state index is 0.0538. The zero-order valence-electron chi connectivity index (χ0n) is 17.7. The number of fused-ring (bicyclic) bond motifs is 2. The summed E-state index contributed by atoms with van der Waals surface area (Å²) in [5.41, 5.74) is 6.67. The van der Waals surface area contributed by atoms with E-state index in [1.807, 2.05) is 0 Å². The summed E-state index contributed by atoms with van der Waals surface area (Å²) in [6.45, 7) is 1.17. The van der Waals surface area contributed by atoms with E-state index < -0.39 is 23.8 Å². The number of benzene rings is 1. The van der Waals surface area contributed by atoms with Crippen LogP contribution >= 0.6 is 0 Å². The Hall–Kier alpha value is -3.27. The molecule has 0 radical (unpaired) electrons. The van der Waals surface area contributed by atoms with Crippen LogP contribution in [0.4, 0.5) is 0 Å². The summed E-state index contributed by atoms with van der Waals surface area (Å²) in [4.78, 5) is 63.5. The van der Waals surface area contributed by atoms with E-state index in [4.69, 9.17) is 15.6 Å². The summed E-state index contributed by atoms with van der Waals surface area (Å²) >= 11 is 0. The van der Waals surface area contributed by atoms with E-state index in [1.165, 1.54) is 21.9 Å². The highest BCUT2D eigenvalue weighted by Crippen LogP contribution is 2.51. The maximum atomic E-state index is 12.8. The van der Waals surface area contributed by atoms with Crippen LogP contribution in [-0.4, -0.2) is 77.2 Å². The number of ketones is 1. The Bertz CT molecular complexity index is 997. The Balaban J connectivity index is 1.42. The molecule has 0 aromatic heterocycles. The lowest BCUT2D eigenvalue weighted by molar-refractivity contribution is -0.137. The molecule has 10 nitrogen and oxygen atoms in total. The molecule has 1 aliphatic carbocycles. The highest BCUT2D eigenvalue weighted by atomic mass is 16.5. The van der Waals surface area contributed by atoms with Crippen LogP contribution in [0.1, 0.15) is 39.1 Å². The number of nitrogens with two attached hydrogens (primary N) is 1. The van der Waals surface area contributed by atoms with Crippen LogP contribution < -0.4 is 5.73 Å². The van der Waals surface area contributed by atoms with E-state index in [9.17, 15) is 24.0 Å². The molecule has 0 spiro atoms. The summed E-state index contributed by atoms with van der Waals surface area (Å²) in [5.74, 6) is -2.15.